The van der Waals surface area contributed by atoms with Gasteiger partial charge in [-0.1, -0.05) is 12.2 Å². The second-order valence-corrected chi connectivity index (χ2v) is 1.78. The van der Waals surface area contributed by atoms with Crippen LogP contribution in [-0.4, -0.2) is 5.78 Å². The van der Waals surface area contributed by atoms with E-state index >= 15 is 0 Å². The third kappa shape index (κ3) is 0.713. The Bertz CT molecular complexity index is 163. The highest BCUT2D eigenvalue weighted by atomic mass is 16.1. The largest absolute Gasteiger partial charge is 0.290 e. The highest BCUT2D eigenvalue weighted by Gasteiger charge is 2.07. The van der Waals surface area contributed by atoms with Gasteiger partial charge in [-0.2, -0.15) is 0 Å². The zero-order chi connectivity index (χ0) is 5.98. The summed E-state index contributed by atoms with van der Waals surface area (Å²) in [6.07, 6.45) is 6.20. The molecule has 0 saturated carbocycles. The van der Waals surface area contributed by atoms with Gasteiger partial charge in [0, 0.05) is 0 Å². The molecule has 0 aromatic rings. The van der Waals surface area contributed by atoms with Gasteiger partial charge in [0.2, 0.25) is 0 Å². The fourth-order valence-electron chi connectivity index (χ4n) is 0.761. The van der Waals surface area contributed by atoms with Crippen LogP contribution in [0.5, 0.6) is 0 Å². The lowest BCUT2D eigenvalue weighted by Gasteiger charge is -1.85. The Kier molecular flexibility index (Phi) is 1.29. The van der Waals surface area contributed by atoms with Crippen LogP contribution in [0, 0.1) is 0 Å². The van der Waals surface area contributed by atoms with Crippen LogP contribution in [0.3, 0.4) is 0 Å². The molecule has 0 N–H and O–H groups in total. The van der Waals surface area contributed by atoms with Crippen molar-refractivity contribution in [3.8, 4) is 0 Å². The molecule has 42 valence electrons. The Morgan fingerprint density at radius 3 is 2.75 bits per heavy atom. The van der Waals surface area contributed by atoms with E-state index in [4.69, 9.17) is 0 Å². The van der Waals surface area contributed by atoms with Gasteiger partial charge in [0.25, 0.3) is 0 Å². The molecule has 1 heteroatoms. The van der Waals surface area contributed by atoms with E-state index in [0.29, 0.717) is 0 Å². The van der Waals surface area contributed by atoms with Gasteiger partial charge in [0.05, 0.1) is 0 Å². The van der Waals surface area contributed by atoms with Crippen LogP contribution in [0.15, 0.2) is 23.8 Å². The van der Waals surface area contributed by atoms with E-state index in [1.54, 1.807) is 6.08 Å². The lowest BCUT2D eigenvalue weighted by atomic mass is 10.2. The van der Waals surface area contributed by atoms with E-state index in [1.807, 2.05) is 19.1 Å². The molecule has 0 unspecified atom stereocenters. The molecule has 0 heterocycles. The fourth-order valence-corrected chi connectivity index (χ4v) is 0.761. The quantitative estimate of drug-likeness (QED) is 0.429. The highest BCUT2D eigenvalue weighted by Crippen LogP contribution is 2.11. The molecule has 1 aliphatic carbocycles. The minimum atomic E-state index is 0.174. The summed E-state index contributed by atoms with van der Waals surface area (Å²) in [7, 11) is 0. The van der Waals surface area contributed by atoms with Crippen molar-refractivity contribution in [1.29, 1.82) is 0 Å². The average Bonchev–Trinajstić information content (AvgIpc) is 2.14. The lowest BCUT2D eigenvalue weighted by molar-refractivity contribution is -0.111. The molecule has 0 amide bonds. The number of rotatable bonds is 0. The van der Waals surface area contributed by atoms with Gasteiger partial charge < -0.3 is 0 Å². The summed E-state index contributed by atoms with van der Waals surface area (Å²) in [4.78, 5) is 10.7. The number of ketones is 1. The van der Waals surface area contributed by atoms with Crippen LogP contribution in [-0.2, 0) is 4.79 Å². The number of carbonyl (C=O) groups excluding carboxylic acids is 1. The maximum atomic E-state index is 10.7. The average molecular weight is 108 g/mol. The van der Waals surface area contributed by atoms with Crippen molar-refractivity contribution in [3.05, 3.63) is 23.8 Å². The molecule has 1 aliphatic rings. The van der Waals surface area contributed by atoms with Crippen molar-refractivity contribution in [2.24, 2.45) is 0 Å². The SMILES string of the molecule is CC=C1CC=CC1=O. The minimum Gasteiger partial charge on any atom is -0.290 e. The predicted molar refractivity (Wildman–Crippen MR) is 32.5 cm³/mol. The van der Waals surface area contributed by atoms with Crippen molar-refractivity contribution < 1.29 is 4.79 Å². The topological polar surface area (TPSA) is 17.1 Å². The second kappa shape index (κ2) is 1.95. The maximum Gasteiger partial charge on any atom is 0.181 e. The van der Waals surface area contributed by atoms with Crippen molar-refractivity contribution in [3.63, 3.8) is 0 Å². The smallest absolute Gasteiger partial charge is 0.181 e. The molecule has 0 aromatic carbocycles. The zero-order valence-electron chi connectivity index (χ0n) is 4.85. The summed E-state index contributed by atoms with van der Waals surface area (Å²) in [6, 6.07) is 0. The monoisotopic (exact) mass is 108 g/mol. The molecule has 1 rings (SSSR count). The van der Waals surface area contributed by atoms with E-state index in [9.17, 15) is 4.79 Å². The Morgan fingerprint density at radius 1 is 1.75 bits per heavy atom. The van der Waals surface area contributed by atoms with E-state index in [1.165, 1.54) is 0 Å². The molecule has 1 nitrogen and oxygen atoms in total. The molecule has 0 fully saturated rings. The molecule has 0 spiro atoms. The highest BCUT2D eigenvalue weighted by molar-refractivity contribution is 6.06. The van der Waals surface area contributed by atoms with Crippen LogP contribution in [0.25, 0.3) is 0 Å². The van der Waals surface area contributed by atoms with Crippen LogP contribution in [0.2, 0.25) is 0 Å². The van der Waals surface area contributed by atoms with Crippen LogP contribution < -0.4 is 0 Å². The van der Waals surface area contributed by atoms with Crippen LogP contribution in [0.4, 0.5) is 0 Å². The molecule has 0 radical (unpaired) electrons. The molecule has 0 aliphatic heterocycles. The molecule has 8 heavy (non-hydrogen) atoms. The van der Waals surface area contributed by atoms with Crippen molar-refractivity contribution in [2.45, 2.75) is 13.3 Å². The van der Waals surface area contributed by atoms with E-state index in [-0.39, 0.29) is 5.78 Å². The third-order valence-corrected chi connectivity index (χ3v) is 1.27. The van der Waals surface area contributed by atoms with Gasteiger partial charge in [0.1, 0.15) is 0 Å². The first-order valence-electron chi connectivity index (χ1n) is 2.70. The Morgan fingerprint density at radius 2 is 2.50 bits per heavy atom. The Hall–Kier alpha value is -0.850. The van der Waals surface area contributed by atoms with Crippen LogP contribution >= 0.6 is 0 Å². The molecule has 0 atom stereocenters. The minimum absolute atomic E-state index is 0.174. The normalized spacial score (nSPS) is 23.1. The summed E-state index contributed by atoms with van der Waals surface area (Å²) >= 11 is 0. The number of allylic oxidation sites excluding steroid dienone is 4. The molecular formula is C7H8O. The third-order valence-electron chi connectivity index (χ3n) is 1.27. The van der Waals surface area contributed by atoms with E-state index < -0.39 is 0 Å². The van der Waals surface area contributed by atoms with Crippen molar-refractivity contribution >= 4 is 5.78 Å². The van der Waals surface area contributed by atoms with Gasteiger partial charge in [-0.05, 0) is 25.0 Å². The predicted octanol–water partition coefficient (Wildman–Crippen LogP) is 1.46. The summed E-state index contributed by atoms with van der Waals surface area (Å²) in [6.45, 7) is 1.89. The summed E-state index contributed by atoms with van der Waals surface area (Å²) in [5.41, 5.74) is 0.921. The zero-order valence-corrected chi connectivity index (χ0v) is 4.85. The van der Waals surface area contributed by atoms with Gasteiger partial charge in [0.15, 0.2) is 5.78 Å². The maximum absolute atomic E-state index is 10.7. The van der Waals surface area contributed by atoms with Gasteiger partial charge >= 0.3 is 0 Å². The Labute approximate surface area is 48.7 Å². The number of hydrogen-bond donors (Lipinski definition) is 0. The standard InChI is InChI=1S/C7H8O/c1-2-6-4-3-5-7(6)8/h2-3,5H,4H2,1H3. The summed E-state index contributed by atoms with van der Waals surface area (Å²) < 4.78 is 0. The number of hydrogen-bond acceptors (Lipinski definition) is 1. The first-order chi connectivity index (χ1) is 3.84. The second-order valence-electron chi connectivity index (χ2n) is 1.78. The summed E-state index contributed by atoms with van der Waals surface area (Å²) in [5.74, 6) is 0.174. The summed E-state index contributed by atoms with van der Waals surface area (Å²) in [5, 5.41) is 0. The molecule has 0 bridgehead atoms. The van der Waals surface area contributed by atoms with Gasteiger partial charge in [-0.15, -0.1) is 0 Å². The van der Waals surface area contributed by atoms with E-state index in [2.05, 4.69) is 0 Å². The Balaban J connectivity index is 2.79. The fraction of sp³-hybridized carbons (Fsp3) is 0.286. The molecule has 0 saturated heterocycles. The van der Waals surface area contributed by atoms with Gasteiger partial charge in [-0.3, -0.25) is 4.79 Å². The van der Waals surface area contributed by atoms with Crippen molar-refractivity contribution in [2.75, 3.05) is 0 Å². The van der Waals surface area contributed by atoms with Crippen LogP contribution in [0.1, 0.15) is 13.3 Å². The van der Waals surface area contributed by atoms with Gasteiger partial charge in [-0.25, -0.2) is 0 Å². The lowest BCUT2D eigenvalue weighted by Crippen LogP contribution is -1.88. The number of carbonyl (C=O) groups is 1. The first-order valence-corrected chi connectivity index (χ1v) is 2.70. The van der Waals surface area contributed by atoms with E-state index in [0.717, 1.165) is 12.0 Å². The first kappa shape index (κ1) is 5.29. The molecule has 0 aromatic heterocycles. The molecular weight excluding hydrogens is 100 g/mol. The van der Waals surface area contributed by atoms with Crippen molar-refractivity contribution in [1.82, 2.24) is 0 Å².